The molecule has 0 spiro atoms. The Balaban J connectivity index is 2.22. The van der Waals surface area contributed by atoms with Gasteiger partial charge >= 0.3 is 0 Å². The predicted molar refractivity (Wildman–Crippen MR) is 57.4 cm³/mol. The zero-order valence-corrected chi connectivity index (χ0v) is 8.62. The Morgan fingerprint density at radius 2 is 2.27 bits per heavy atom. The van der Waals surface area contributed by atoms with Crippen LogP contribution in [0.25, 0.3) is 0 Å². The molecule has 1 saturated heterocycles. The summed E-state index contributed by atoms with van der Waals surface area (Å²) in [7, 11) is 0. The lowest BCUT2D eigenvalue weighted by Gasteiger charge is -2.38. The Labute approximate surface area is 88.4 Å². The molecule has 0 radical (unpaired) electrons. The number of ether oxygens (including phenoxy) is 1. The summed E-state index contributed by atoms with van der Waals surface area (Å²) in [5.74, 6) is -0.0805. The smallest absolute Gasteiger partial charge is 0.221 e. The van der Waals surface area contributed by atoms with Gasteiger partial charge in [-0.25, -0.2) is 0 Å². The van der Waals surface area contributed by atoms with Crippen molar-refractivity contribution >= 4 is 11.6 Å². The SMILES string of the molecule is CC(=O)Nc1cccc(C2(N)COC2)c1. The lowest BCUT2D eigenvalue weighted by atomic mass is 9.89. The summed E-state index contributed by atoms with van der Waals surface area (Å²) >= 11 is 0. The maximum absolute atomic E-state index is 10.9. The highest BCUT2D eigenvalue weighted by Gasteiger charge is 2.35. The highest BCUT2D eigenvalue weighted by atomic mass is 16.5. The summed E-state index contributed by atoms with van der Waals surface area (Å²) < 4.78 is 5.10. The molecule has 4 nitrogen and oxygen atoms in total. The normalized spacial score (nSPS) is 18.0. The zero-order valence-electron chi connectivity index (χ0n) is 8.62. The first kappa shape index (κ1) is 10.1. The molecule has 1 aromatic rings. The van der Waals surface area contributed by atoms with Gasteiger partial charge in [-0.2, -0.15) is 0 Å². The van der Waals surface area contributed by atoms with Crippen molar-refractivity contribution in [1.29, 1.82) is 0 Å². The minimum atomic E-state index is -0.380. The molecule has 0 unspecified atom stereocenters. The monoisotopic (exact) mass is 206 g/mol. The molecule has 80 valence electrons. The first-order valence-corrected chi connectivity index (χ1v) is 4.85. The van der Waals surface area contributed by atoms with Gasteiger partial charge in [-0.15, -0.1) is 0 Å². The molecule has 15 heavy (non-hydrogen) atoms. The summed E-state index contributed by atoms with van der Waals surface area (Å²) in [6.45, 7) is 2.56. The van der Waals surface area contributed by atoms with E-state index in [9.17, 15) is 4.79 Å². The minimum absolute atomic E-state index is 0.0805. The molecule has 4 heteroatoms. The van der Waals surface area contributed by atoms with Gasteiger partial charge in [0.05, 0.1) is 18.8 Å². The number of nitrogens with two attached hydrogens (primary N) is 1. The molecule has 1 heterocycles. The fourth-order valence-electron chi connectivity index (χ4n) is 1.60. The number of carbonyl (C=O) groups excluding carboxylic acids is 1. The first-order chi connectivity index (χ1) is 7.10. The highest BCUT2D eigenvalue weighted by Crippen LogP contribution is 2.28. The lowest BCUT2D eigenvalue weighted by molar-refractivity contribution is -0.114. The van der Waals surface area contributed by atoms with Crippen molar-refractivity contribution in [2.75, 3.05) is 18.5 Å². The minimum Gasteiger partial charge on any atom is -0.377 e. The van der Waals surface area contributed by atoms with E-state index < -0.39 is 0 Å². The molecule has 1 fully saturated rings. The van der Waals surface area contributed by atoms with Crippen molar-refractivity contribution in [1.82, 2.24) is 0 Å². The van der Waals surface area contributed by atoms with Crippen molar-refractivity contribution in [2.45, 2.75) is 12.5 Å². The zero-order chi connectivity index (χ0) is 10.9. The summed E-state index contributed by atoms with van der Waals surface area (Å²) in [5.41, 5.74) is 7.48. The number of rotatable bonds is 2. The number of hydrogen-bond donors (Lipinski definition) is 2. The first-order valence-electron chi connectivity index (χ1n) is 4.85. The van der Waals surface area contributed by atoms with Gasteiger partial charge in [0.2, 0.25) is 5.91 Å². The molecule has 2 rings (SSSR count). The predicted octanol–water partition coefficient (Wildman–Crippen LogP) is 0.829. The third-order valence-electron chi connectivity index (χ3n) is 2.48. The van der Waals surface area contributed by atoms with Gasteiger partial charge in [-0.3, -0.25) is 4.79 Å². The van der Waals surface area contributed by atoms with E-state index in [1.165, 1.54) is 6.92 Å². The van der Waals surface area contributed by atoms with Crippen molar-refractivity contribution in [3.05, 3.63) is 29.8 Å². The van der Waals surface area contributed by atoms with Crippen LogP contribution in [0.3, 0.4) is 0 Å². The molecule has 1 amide bonds. The summed E-state index contributed by atoms with van der Waals surface area (Å²) in [6, 6.07) is 7.57. The van der Waals surface area contributed by atoms with E-state index in [1.54, 1.807) is 0 Å². The van der Waals surface area contributed by atoms with Gasteiger partial charge in [0.15, 0.2) is 0 Å². The Morgan fingerprint density at radius 1 is 1.53 bits per heavy atom. The maximum atomic E-state index is 10.9. The largest absolute Gasteiger partial charge is 0.377 e. The van der Waals surface area contributed by atoms with Crippen molar-refractivity contribution in [2.24, 2.45) is 5.73 Å². The van der Waals surface area contributed by atoms with Gasteiger partial charge < -0.3 is 15.8 Å². The van der Waals surface area contributed by atoms with E-state index in [2.05, 4.69) is 5.32 Å². The molecule has 0 aromatic heterocycles. The van der Waals surface area contributed by atoms with Crippen LogP contribution in [-0.2, 0) is 15.1 Å². The van der Waals surface area contributed by atoms with Crippen molar-refractivity contribution < 1.29 is 9.53 Å². The average Bonchev–Trinajstić information content (AvgIpc) is 2.13. The van der Waals surface area contributed by atoms with Crippen molar-refractivity contribution in [3.8, 4) is 0 Å². The number of amides is 1. The van der Waals surface area contributed by atoms with E-state index in [0.29, 0.717) is 13.2 Å². The van der Waals surface area contributed by atoms with Crippen LogP contribution in [0, 0.1) is 0 Å². The second-order valence-corrected chi connectivity index (χ2v) is 3.91. The fraction of sp³-hybridized carbons (Fsp3) is 0.364. The molecular weight excluding hydrogens is 192 g/mol. The molecule has 0 bridgehead atoms. The Kier molecular flexibility index (Phi) is 2.46. The van der Waals surface area contributed by atoms with Gasteiger partial charge in [0.1, 0.15) is 0 Å². The summed E-state index contributed by atoms with van der Waals surface area (Å²) in [4.78, 5) is 10.9. The van der Waals surface area contributed by atoms with E-state index in [4.69, 9.17) is 10.5 Å². The Hall–Kier alpha value is -1.39. The molecule has 0 aliphatic carbocycles. The standard InChI is InChI=1S/C11H14N2O2/c1-8(14)13-10-4-2-3-9(5-10)11(12)6-15-7-11/h2-5H,6-7,12H2,1H3,(H,13,14). The second kappa shape index (κ2) is 3.64. The lowest BCUT2D eigenvalue weighted by Crippen LogP contribution is -2.54. The van der Waals surface area contributed by atoms with Gasteiger partial charge in [-0.05, 0) is 17.7 Å². The van der Waals surface area contributed by atoms with Crippen LogP contribution >= 0.6 is 0 Å². The van der Waals surface area contributed by atoms with E-state index >= 15 is 0 Å². The third kappa shape index (κ3) is 2.00. The summed E-state index contributed by atoms with van der Waals surface area (Å²) in [6.07, 6.45) is 0. The van der Waals surface area contributed by atoms with Crippen LogP contribution in [0.2, 0.25) is 0 Å². The number of carbonyl (C=O) groups is 1. The molecule has 3 N–H and O–H groups in total. The maximum Gasteiger partial charge on any atom is 0.221 e. The number of anilines is 1. The van der Waals surface area contributed by atoms with Crippen LogP contribution in [0.15, 0.2) is 24.3 Å². The van der Waals surface area contributed by atoms with Crippen LogP contribution in [0.4, 0.5) is 5.69 Å². The molecule has 1 aliphatic heterocycles. The van der Waals surface area contributed by atoms with Crippen LogP contribution in [0.1, 0.15) is 12.5 Å². The quantitative estimate of drug-likeness (QED) is 0.753. The third-order valence-corrected chi connectivity index (χ3v) is 2.48. The van der Waals surface area contributed by atoms with Gasteiger partial charge in [0, 0.05) is 12.6 Å². The van der Waals surface area contributed by atoms with E-state index in [1.807, 2.05) is 24.3 Å². The van der Waals surface area contributed by atoms with Crippen molar-refractivity contribution in [3.63, 3.8) is 0 Å². The number of nitrogens with one attached hydrogen (secondary N) is 1. The molecule has 0 atom stereocenters. The Bertz CT molecular complexity index is 386. The van der Waals surface area contributed by atoms with E-state index in [-0.39, 0.29) is 11.4 Å². The van der Waals surface area contributed by atoms with E-state index in [0.717, 1.165) is 11.3 Å². The number of benzene rings is 1. The van der Waals surface area contributed by atoms with Gasteiger partial charge in [-0.1, -0.05) is 12.1 Å². The molecule has 0 saturated carbocycles. The Morgan fingerprint density at radius 3 is 2.80 bits per heavy atom. The van der Waals surface area contributed by atoms with Crippen LogP contribution < -0.4 is 11.1 Å². The highest BCUT2D eigenvalue weighted by molar-refractivity contribution is 5.88. The molecule has 1 aliphatic rings. The summed E-state index contributed by atoms with van der Waals surface area (Å²) in [5, 5.41) is 2.73. The topological polar surface area (TPSA) is 64.4 Å². The molecule has 1 aromatic carbocycles. The fourth-order valence-corrected chi connectivity index (χ4v) is 1.60. The van der Waals surface area contributed by atoms with Crippen LogP contribution in [-0.4, -0.2) is 19.1 Å². The second-order valence-electron chi connectivity index (χ2n) is 3.91. The van der Waals surface area contributed by atoms with Gasteiger partial charge in [0.25, 0.3) is 0 Å². The molecular formula is C11H14N2O2. The number of hydrogen-bond acceptors (Lipinski definition) is 3. The van der Waals surface area contributed by atoms with Crippen LogP contribution in [0.5, 0.6) is 0 Å². The average molecular weight is 206 g/mol.